The van der Waals surface area contributed by atoms with E-state index in [1.165, 1.54) is 4.90 Å². The Morgan fingerprint density at radius 2 is 1.60 bits per heavy atom. The minimum Gasteiger partial charge on any atom is -0.507 e. The Bertz CT molecular complexity index is 1280. The van der Waals surface area contributed by atoms with E-state index in [4.69, 9.17) is 9.47 Å². The molecule has 1 atom stereocenters. The number of amides is 1. The van der Waals surface area contributed by atoms with Crippen LogP contribution in [0.1, 0.15) is 41.6 Å². The molecule has 35 heavy (non-hydrogen) atoms. The number of anilines is 1. The third-order valence-electron chi connectivity index (χ3n) is 6.31. The van der Waals surface area contributed by atoms with Crippen LogP contribution in [0.4, 0.5) is 5.69 Å². The smallest absolute Gasteiger partial charge is 0.300 e. The van der Waals surface area contributed by atoms with Crippen molar-refractivity contribution in [2.45, 2.75) is 33.2 Å². The minimum absolute atomic E-state index is 0.0447. The lowest BCUT2D eigenvalue weighted by Crippen LogP contribution is -2.30. The van der Waals surface area contributed by atoms with Crippen LogP contribution in [0.15, 0.2) is 72.3 Å². The molecule has 0 radical (unpaired) electrons. The summed E-state index contributed by atoms with van der Waals surface area (Å²) in [4.78, 5) is 28.2. The van der Waals surface area contributed by atoms with Gasteiger partial charge in [-0.15, -0.1) is 0 Å². The maximum Gasteiger partial charge on any atom is 0.300 e. The SMILES string of the molecule is CCCOc1ccc(/C(O)=C2\C(=O)C(=O)N(c3cccc(C)c3C)C2c2ccc(OC)cc2)cc1. The maximum absolute atomic E-state index is 13.4. The number of benzene rings is 3. The van der Waals surface area contributed by atoms with Gasteiger partial charge in [0.25, 0.3) is 11.7 Å². The van der Waals surface area contributed by atoms with Crippen molar-refractivity contribution in [1.29, 1.82) is 0 Å². The number of hydrogen-bond donors (Lipinski definition) is 1. The van der Waals surface area contributed by atoms with Gasteiger partial charge in [-0.05, 0) is 79.4 Å². The van der Waals surface area contributed by atoms with E-state index < -0.39 is 17.7 Å². The molecule has 1 fully saturated rings. The summed E-state index contributed by atoms with van der Waals surface area (Å²) in [7, 11) is 1.57. The lowest BCUT2D eigenvalue weighted by atomic mass is 9.94. The molecule has 0 aliphatic carbocycles. The highest BCUT2D eigenvalue weighted by molar-refractivity contribution is 6.51. The molecule has 3 aromatic rings. The minimum atomic E-state index is -0.794. The number of carbonyl (C=O) groups is 2. The van der Waals surface area contributed by atoms with Gasteiger partial charge in [0.15, 0.2) is 0 Å². The van der Waals surface area contributed by atoms with Crippen molar-refractivity contribution >= 4 is 23.1 Å². The van der Waals surface area contributed by atoms with E-state index in [9.17, 15) is 14.7 Å². The molecule has 0 saturated carbocycles. The van der Waals surface area contributed by atoms with Crippen LogP contribution in [-0.2, 0) is 9.59 Å². The first-order valence-electron chi connectivity index (χ1n) is 11.6. The summed E-state index contributed by atoms with van der Waals surface area (Å²) in [5, 5.41) is 11.3. The summed E-state index contributed by atoms with van der Waals surface area (Å²) < 4.78 is 10.9. The molecule has 0 aromatic heterocycles. The van der Waals surface area contributed by atoms with Gasteiger partial charge in [0, 0.05) is 11.3 Å². The first kappa shape index (κ1) is 24.1. The normalized spacial score (nSPS) is 17.0. The van der Waals surface area contributed by atoms with Gasteiger partial charge >= 0.3 is 0 Å². The number of aryl methyl sites for hydroxylation is 1. The lowest BCUT2D eigenvalue weighted by molar-refractivity contribution is -0.132. The van der Waals surface area contributed by atoms with E-state index in [0.29, 0.717) is 34.9 Å². The molecule has 1 unspecified atom stereocenters. The number of aliphatic hydroxyl groups excluding tert-OH is 1. The summed E-state index contributed by atoms with van der Waals surface area (Å²) in [5.74, 6) is -0.301. The molecule has 1 amide bonds. The summed E-state index contributed by atoms with van der Waals surface area (Å²) >= 11 is 0. The van der Waals surface area contributed by atoms with Crippen LogP contribution in [0.5, 0.6) is 11.5 Å². The molecular formula is C29H29NO5. The molecule has 180 valence electrons. The van der Waals surface area contributed by atoms with Crippen molar-refractivity contribution in [1.82, 2.24) is 0 Å². The second-order valence-electron chi connectivity index (χ2n) is 8.53. The average molecular weight is 472 g/mol. The van der Waals surface area contributed by atoms with E-state index in [1.54, 1.807) is 43.5 Å². The van der Waals surface area contributed by atoms with Crippen LogP contribution in [-0.4, -0.2) is 30.5 Å². The van der Waals surface area contributed by atoms with Crippen molar-refractivity contribution < 1.29 is 24.2 Å². The fraction of sp³-hybridized carbons (Fsp3) is 0.241. The van der Waals surface area contributed by atoms with Crippen molar-refractivity contribution in [3.63, 3.8) is 0 Å². The van der Waals surface area contributed by atoms with Crippen LogP contribution in [0.3, 0.4) is 0 Å². The highest BCUT2D eigenvalue weighted by Crippen LogP contribution is 2.43. The number of methoxy groups -OCH3 is 1. The quantitative estimate of drug-likeness (QED) is 0.271. The van der Waals surface area contributed by atoms with Crippen LogP contribution in [0.2, 0.25) is 0 Å². The van der Waals surface area contributed by atoms with Gasteiger partial charge in [0.1, 0.15) is 17.3 Å². The molecule has 1 saturated heterocycles. The molecule has 6 heteroatoms. The van der Waals surface area contributed by atoms with Gasteiger partial charge in [0.05, 0.1) is 25.3 Å². The van der Waals surface area contributed by atoms with Gasteiger partial charge in [-0.2, -0.15) is 0 Å². The number of ketones is 1. The van der Waals surface area contributed by atoms with E-state index in [2.05, 4.69) is 0 Å². The topological polar surface area (TPSA) is 76.1 Å². The van der Waals surface area contributed by atoms with Gasteiger partial charge in [-0.3, -0.25) is 14.5 Å². The van der Waals surface area contributed by atoms with E-state index in [-0.39, 0.29) is 11.3 Å². The zero-order chi connectivity index (χ0) is 25.1. The van der Waals surface area contributed by atoms with Crippen molar-refractivity contribution in [2.75, 3.05) is 18.6 Å². The summed E-state index contributed by atoms with van der Waals surface area (Å²) in [6.45, 7) is 6.49. The number of rotatable bonds is 7. The predicted octanol–water partition coefficient (Wildman–Crippen LogP) is 5.73. The molecule has 0 bridgehead atoms. The highest BCUT2D eigenvalue weighted by Gasteiger charge is 2.47. The van der Waals surface area contributed by atoms with Crippen LogP contribution < -0.4 is 14.4 Å². The van der Waals surface area contributed by atoms with E-state index in [1.807, 2.05) is 51.1 Å². The lowest BCUT2D eigenvalue weighted by Gasteiger charge is -2.27. The Labute approximate surface area is 205 Å². The third-order valence-corrected chi connectivity index (χ3v) is 6.31. The van der Waals surface area contributed by atoms with Gasteiger partial charge in [-0.1, -0.05) is 31.2 Å². The maximum atomic E-state index is 13.4. The Balaban J connectivity index is 1.88. The number of nitrogens with zero attached hydrogens (tertiary/aromatic N) is 1. The predicted molar refractivity (Wildman–Crippen MR) is 136 cm³/mol. The molecular weight excluding hydrogens is 442 g/mol. The molecule has 1 aliphatic heterocycles. The molecule has 1 N–H and O–H groups in total. The standard InChI is InChI=1S/C29H29NO5/c1-5-17-35-23-15-11-21(12-16-23)27(31)25-26(20-9-13-22(34-4)14-10-20)30(29(33)28(25)32)24-8-6-7-18(2)19(24)3/h6-16,26,31H,5,17H2,1-4H3/b27-25+. The highest BCUT2D eigenvalue weighted by atomic mass is 16.5. The number of ether oxygens (including phenoxy) is 2. The first-order chi connectivity index (χ1) is 16.9. The van der Waals surface area contributed by atoms with Crippen LogP contribution in [0, 0.1) is 13.8 Å². The van der Waals surface area contributed by atoms with Crippen LogP contribution in [0.25, 0.3) is 5.76 Å². The summed E-state index contributed by atoms with van der Waals surface area (Å²) in [5.41, 5.74) is 3.70. The fourth-order valence-electron chi connectivity index (χ4n) is 4.26. The number of Topliss-reactive ketones (excluding diaryl/α,β-unsaturated/α-hetero) is 1. The van der Waals surface area contributed by atoms with Crippen molar-refractivity contribution in [2.24, 2.45) is 0 Å². The number of aliphatic hydroxyl groups is 1. The Hall–Kier alpha value is -4.06. The largest absolute Gasteiger partial charge is 0.507 e. The summed E-state index contributed by atoms with van der Waals surface area (Å²) in [6, 6.07) is 18.9. The Morgan fingerprint density at radius 1 is 0.943 bits per heavy atom. The molecule has 1 aliphatic rings. The molecule has 4 rings (SSSR count). The molecule has 1 heterocycles. The number of hydrogen-bond acceptors (Lipinski definition) is 5. The molecule has 3 aromatic carbocycles. The Morgan fingerprint density at radius 3 is 2.23 bits per heavy atom. The molecule has 6 nitrogen and oxygen atoms in total. The van der Waals surface area contributed by atoms with Crippen molar-refractivity contribution in [3.05, 3.63) is 94.6 Å². The zero-order valence-corrected chi connectivity index (χ0v) is 20.4. The number of carbonyl (C=O) groups excluding carboxylic acids is 2. The first-order valence-corrected chi connectivity index (χ1v) is 11.6. The second kappa shape index (κ2) is 10.1. The van der Waals surface area contributed by atoms with Crippen LogP contribution >= 0.6 is 0 Å². The zero-order valence-electron chi connectivity index (χ0n) is 20.4. The van der Waals surface area contributed by atoms with Gasteiger partial charge in [-0.25, -0.2) is 0 Å². The summed E-state index contributed by atoms with van der Waals surface area (Å²) in [6.07, 6.45) is 0.880. The third kappa shape index (κ3) is 4.52. The average Bonchev–Trinajstić information content (AvgIpc) is 3.14. The van der Waals surface area contributed by atoms with E-state index in [0.717, 1.165) is 17.5 Å². The fourth-order valence-corrected chi connectivity index (χ4v) is 4.26. The van der Waals surface area contributed by atoms with Gasteiger partial charge < -0.3 is 14.6 Å². The second-order valence-corrected chi connectivity index (χ2v) is 8.53. The van der Waals surface area contributed by atoms with E-state index >= 15 is 0 Å². The molecule has 0 spiro atoms. The van der Waals surface area contributed by atoms with Crippen molar-refractivity contribution in [3.8, 4) is 11.5 Å². The Kier molecular flexibility index (Phi) is 6.92. The monoisotopic (exact) mass is 471 g/mol. The van der Waals surface area contributed by atoms with Gasteiger partial charge in [0.2, 0.25) is 0 Å².